The average Bonchev–Trinajstić information content (AvgIpc) is 2.79. The van der Waals surface area contributed by atoms with Crippen molar-refractivity contribution in [1.29, 1.82) is 0 Å². The average molecular weight is 395 g/mol. The second kappa shape index (κ2) is 8.96. The smallest absolute Gasteiger partial charge is 0.163 e. The third-order valence-corrected chi connectivity index (χ3v) is 4.52. The maximum absolute atomic E-state index is 11.5. The summed E-state index contributed by atoms with van der Waals surface area (Å²) in [4.78, 5) is 25.0. The topological polar surface area (TPSA) is 79.8 Å². The lowest BCUT2D eigenvalue weighted by Gasteiger charge is -2.12. The van der Waals surface area contributed by atoms with Crippen molar-refractivity contribution in [3.8, 4) is 11.4 Å². The van der Waals surface area contributed by atoms with E-state index >= 15 is 0 Å². The summed E-state index contributed by atoms with van der Waals surface area (Å²) in [5.41, 5.74) is 3.51. The number of Topliss-reactive ketones (excluding diaryl/α,β-unsaturated/α-hetero) is 1. The minimum atomic E-state index is 0.0387. The van der Waals surface area contributed by atoms with E-state index in [0.717, 1.165) is 16.8 Å². The van der Waals surface area contributed by atoms with Crippen LogP contribution in [-0.2, 0) is 6.54 Å². The Morgan fingerprint density at radius 1 is 0.900 bits per heavy atom. The van der Waals surface area contributed by atoms with Crippen molar-refractivity contribution in [3.05, 3.63) is 96.3 Å². The monoisotopic (exact) mass is 395 g/mol. The number of carbonyl (C=O) groups is 1. The molecule has 6 nitrogen and oxygen atoms in total. The van der Waals surface area contributed by atoms with E-state index in [1.165, 1.54) is 0 Å². The highest BCUT2D eigenvalue weighted by atomic mass is 16.1. The Labute approximate surface area is 175 Å². The number of aromatic nitrogens is 3. The SMILES string of the molecule is CC(=O)c1ccc(Nc2cc(NCc3cccnc3)nc(-c3ccccc3)n2)cc1. The number of benzene rings is 2. The number of nitrogens with zero attached hydrogens (tertiary/aromatic N) is 3. The molecule has 6 heteroatoms. The van der Waals surface area contributed by atoms with Crippen molar-refractivity contribution in [2.75, 3.05) is 10.6 Å². The van der Waals surface area contributed by atoms with E-state index in [2.05, 4.69) is 25.6 Å². The fourth-order valence-corrected chi connectivity index (χ4v) is 2.95. The molecule has 0 saturated heterocycles. The quantitative estimate of drug-likeness (QED) is 0.424. The van der Waals surface area contributed by atoms with Crippen LogP contribution >= 0.6 is 0 Å². The molecule has 0 radical (unpaired) electrons. The van der Waals surface area contributed by atoms with Crippen LogP contribution in [0, 0.1) is 0 Å². The van der Waals surface area contributed by atoms with Gasteiger partial charge in [-0.2, -0.15) is 0 Å². The molecule has 4 rings (SSSR count). The van der Waals surface area contributed by atoms with Gasteiger partial charge in [0.05, 0.1) is 0 Å². The van der Waals surface area contributed by atoms with Crippen molar-refractivity contribution < 1.29 is 4.79 Å². The van der Waals surface area contributed by atoms with Crippen molar-refractivity contribution >= 4 is 23.1 Å². The van der Waals surface area contributed by atoms with Crippen molar-refractivity contribution in [2.45, 2.75) is 13.5 Å². The first-order valence-corrected chi connectivity index (χ1v) is 9.63. The molecular formula is C24H21N5O. The number of pyridine rings is 1. The van der Waals surface area contributed by atoms with Crippen LogP contribution in [0.3, 0.4) is 0 Å². The van der Waals surface area contributed by atoms with E-state index in [9.17, 15) is 4.79 Å². The van der Waals surface area contributed by atoms with E-state index in [4.69, 9.17) is 0 Å². The van der Waals surface area contributed by atoms with Crippen LogP contribution in [0.25, 0.3) is 11.4 Å². The number of rotatable bonds is 7. The van der Waals surface area contributed by atoms with Gasteiger partial charge in [-0.25, -0.2) is 9.97 Å². The van der Waals surface area contributed by atoms with Crippen LogP contribution in [0.2, 0.25) is 0 Å². The second-order valence-corrected chi connectivity index (χ2v) is 6.80. The highest BCUT2D eigenvalue weighted by Gasteiger charge is 2.08. The number of nitrogens with one attached hydrogen (secondary N) is 2. The van der Waals surface area contributed by atoms with Gasteiger partial charge in [0.2, 0.25) is 0 Å². The number of hydrogen-bond donors (Lipinski definition) is 2. The molecule has 0 unspecified atom stereocenters. The maximum atomic E-state index is 11.5. The Bertz CT molecular complexity index is 1130. The van der Waals surface area contributed by atoms with Gasteiger partial charge in [-0.05, 0) is 42.8 Å². The van der Waals surface area contributed by atoms with Gasteiger partial charge in [0, 0.05) is 41.8 Å². The lowest BCUT2D eigenvalue weighted by Crippen LogP contribution is -2.05. The lowest BCUT2D eigenvalue weighted by molar-refractivity contribution is 0.101. The van der Waals surface area contributed by atoms with Gasteiger partial charge >= 0.3 is 0 Å². The van der Waals surface area contributed by atoms with Gasteiger partial charge in [-0.1, -0.05) is 36.4 Å². The van der Waals surface area contributed by atoms with Gasteiger partial charge in [-0.15, -0.1) is 0 Å². The summed E-state index contributed by atoms with van der Waals surface area (Å²) in [5.74, 6) is 2.02. The Morgan fingerprint density at radius 3 is 2.37 bits per heavy atom. The number of ketones is 1. The molecule has 2 N–H and O–H groups in total. The first-order valence-electron chi connectivity index (χ1n) is 9.63. The molecule has 4 aromatic rings. The van der Waals surface area contributed by atoms with Crippen molar-refractivity contribution in [1.82, 2.24) is 15.0 Å². The fourth-order valence-electron chi connectivity index (χ4n) is 2.95. The second-order valence-electron chi connectivity index (χ2n) is 6.80. The van der Waals surface area contributed by atoms with Crippen LogP contribution in [0.5, 0.6) is 0 Å². The summed E-state index contributed by atoms with van der Waals surface area (Å²) < 4.78 is 0. The highest BCUT2D eigenvalue weighted by molar-refractivity contribution is 5.94. The molecule has 0 bridgehead atoms. The molecule has 0 aliphatic carbocycles. The highest BCUT2D eigenvalue weighted by Crippen LogP contribution is 2.23. The molecule has 0 aliphatic rings. The molecule has 148 valence electrons. The zero-order chi connectivity index (χ0) is 20.8. The molecule has 0 aliphatic heterocycles. The van der Waals surface area contributed by atoms with Crippen LogP contribution in [0.1, 0.15) is 22.8 Å². The van der Waals surface area contributed by atoms with Crippen LogP contribution < -0.4 is 10.6 Å². The predicted octanol–water partition coefficient (Wildman–Crippen LogP) is 5.10. The van der Waals surface area contributed by atoms with E-state index < -0.39 is 0 Å². The molecule has 0 fully saturated rings. The largest absolute Gasteiger partial charge is 0.366 e. The van der Waals surface area contributed by atoms with Gasteiger partial charge in [0.15, 0.2) is 11.6 Å². The Kier molecular flexibility index (Phi) is 5.75. The van der Waals surface area contributed by atoms with Gasteiger partial charge in [0.25, 0.3) is 0 Å². The van der Waals surface area contributed by atoms with E-state index in [-0.39, 0.29) is 5.78 Å². The summed E-state index contributed by atoms with van der Waals surface area (Å²) in [6.07, 6.45) is 3.57. The molecule has 2 aromatic heterocycles. The summed E-state index contributed by atoms with van der Waals surface area (Å²) in [6, 6.07) is 22.9. The summed E-state index contributed by atoms with van der Waals surface area (Å²) in [7, 11) is 0. The Morgan fingerprint density at radius 2 is 1.67 bits per heavy atom. The number of hydrogen-bond acceptors (Lipinski definition) is 6. The summed E-state index contributed by atoms with van der Waals surface area (Å²) in [5, 5.41) is 6.65. The zero-order valence-electron chi connectivity index (χ0n) is 16.5. The van der Waals surface area contributed by atoms with E-state index in [0.29, 0.717) is 29.6 Å². The van der Waals surface area contributed by atoms with Gasteiger partial charge in [-0.3, -0.25) is 9.78 Å². The van der Waals surface area contributed by atoms with Crippen LogP contribution in [0.15, 0.2) is 85.2 Å². The molecule has 0 amide bonds. The number of anilines is 3. The van der Waals surface area contributed by atoms with Crippen LogP contribution in [0.4, 0.5) is 17.3 Å². The molecule has 2 heterocycles. The van der Waals surface area contributed by atoms with Gasteiger partial charge in [0.1, 0.15) is 11.6 Å². The van der Waals surface area contributed by atoms with Crippen molar-refractivity contribution in [3.63, 3.8) is 0 Å². The standard InChI is InChI=1S/C24H21N5O/c1-17(30)19-9-11-21(12-10-19)27-23-14-22(26-16-18-6-5-13-25-15-18)28-24(29-23)20-7-3-2-4-8-20/h2-15H,16H2,1H3,(H2,26,27,28,29). The summed E-state index contributed by atoms with van der Waals surface area (Å²) >= 11 is 0. The zero-order valence-corrected chi connectivity index (χ0v) is 16.5. The number of carbonyl (C=O) groups excluding carboxylic acids is 1. The first kappa shape index (κ1) is 19.3. The molecule has 2 aromatic carbocycles. The third kappa shape index (κ3) is 4.86. The fraction of sp³-hybridized carbons (Fsp3) is 0.0833. The van der Waals surface area contributed by atoms with E-state index in [1.807, 2.05) is 66.9 Å². The third-order valence-electron chi connectivity index (χ3n) is 4.52. The Hall–Kier alpha value is -4.06. The van der Waals surface area contributed by atoms with Crippen molar-refractivity contribution in [2.24, 2.45) is 0 Å². The van der Waals surface area contributed by atoms with E-state index in [1.54, 1.807) is 25.3 Å². The minimum absolute atomic E-state index is 0.0387. The predicted molar refractivity (Wildman–Crippen MR) is 119 cm³/mol. The first-order chi connectivity index (χ1) is 14.7. The lowest BCUT2D eigenvalue weighted by atomic mass is 10.1. The summed E-state index contributed by atoms with van der Waals surface area (Å²) in [6.45, 7) is 2.16. The minimum Gasteiger partial charge on any atom is -0.366 e. The molecule has 0 saturated carbocycles. The molecule has 0 spiro atoms. The van der Waals surface area contributed by atoms with Crippen LogP contribution in [-0.4, -0.2) is 20.7 Å². The molecular weight excluding hydrogens is 374 g/mol. The normalized spacial score (nSPS) is 10.4. The Balaban J connectivity index is 1.62. The molecule has 0 atom stereocenters. The molecule has 30 heavy (non-hydrogen) atoms. The van der Waals surface area contributed by atoms with Gasteiger partial charge < -0.3 is 10.6 Å². The maximum Gasteiger partial charge on any atom is 0.163 e.